The normalized spacial score (nSPS) is 24.5. The van der Waals surface area contributed by atoms with Gasteiger partial charge >= 0.3 is 0 Å². The van der Waals surface area contributed by atoms with Gasteiger partial charge in [0.1, 0.15) is 11.6 Å². The van der Waals surface area contributed by atoms with Crippen LogP contribution in [0.1, 0.15) is 55.4 Å². The van der Waals surface area contributed by atoms with Gasteiger partial charge in [-0.15, -0.1) is 0 Å². The fourth-order valence-corrected chi connectivity index (χ4v) is 3.70. The molecular weight excluding hydrogens is 244 g/mol. The Labute approximate surface area is 119 Å². The lowest BCUT2D eigenvalue weighted by molar-refractivity contribution is 0.108. The minimum atomic E-state index is 0.427. The molecule has 1 aliphatic carbocycles. The number of rotatable bonds is 6. The minimum absolute atomic E-state index is 0.427. The van der Waals surface area contributed by atoms with Crippen LogP contribution in [0.15, 0.2) is 0 Å². The van der Waals surface area contributed by atoms with E-state index in [1.165, 1.54) is 0 Å². The van der Waals surface area contributed by atoms with Gasteiger partial charge < -0.3 is 0 Å². The van der Waals surface area contributed by atoms with Gasteiger partial charge in [-0.05, 0) is 55.4 Å². The maximum absolute atomic E-state index is 6.52. The summed E-state index contributed by atoms with van der Waals surface area (Å²) >= 11 is 6.52. The van der Waals surface area contributed by atoms with E-state index in [2.05, 4.69) is 65.2 Å². The lowest BCUT2D eigenvalue weighted by Gasteiger charge is -2.30. The molecule has 1 aliphatic rings. The van der Waals surface area contributed by atoms with E-state index in [-0.39, 0.29) is 0 Å². The zero-order valence-corrected chi connectivity index (χ0v) is 14.0. The second-order valence-electron chi connectivity index (χ2n) is 6.54. The summed E-state index contributed by atoms with van der Waals surface area (Å²) in [4.78, 5) is 5.06. The van der Waals surface area contributed by atoms with Crippen LogP contribution in [0, 0.1) is 5.38 Å². The van der Waals surface area contributed by atoms with Crippen molar-refractivity contribution in [1.29, 1.82) is 0 Å². The second kappa shape index (κ2) is 6.02. The van der Waals surface area contributed by atoms with Crippen molar-refractivity contribution in [3.8, 4) is 0 Å². The van der Waals surface area contributed by atoms with Crippen LogP contribution in [-0.4, -0.2) is 46.1 Å². The average molecular weight is 274 g/mol. The van der Waals surface area contributed by atoms with Gasteiger partial charge in [0, 0.05) is 24.2 Å². The van der Waals surface area contributed by atoms with Crippen molar-refractivity contribution >= 4 is 11.6 Å². The highest BCUT2D eigenvalue weighted by atomic mass is 35.5. The summed E-state index contributed by atoms with van der Waals surface area (Å²) in [6.07, 6.45) is 0. The molecule has 0 spiro atoms. The zero-order chi connectivity index (χ0) is 14.2. The predicted octanol–water partition coefficient (Wildman–Crippen LogP) is 3.75. The molecule has 18 heavy (non-hydrogen) atoms. The van der Waals surface area contributed by atoms with Crippen molar-refractivity contribution in [2.24, 2.45) is 0 Å². The summed E-state index contributed by atoms with van der Waals surface area (Å²) in [5.74, 6) is 0. The molecule has 0 bridgehead atoms. The smallest absolute Gasteiger partial charge is 0.249 e. The topological polar surface area (TPSA) is 6.48 Å². The lowest BCUT2D eigenvalue weighted by atomic mass is 10.2. The number of hydrogen-bond donors (Lipinski definition) is 0. The quantitative estimate of drug-likeness (QED) is 0.680. The van der Waals surface area contributed by atoms with E-state index in [1.807, 2.05) is 0 Å². The highest BCUT2D eigenvalue weighted by Crippen LogP contribution is 2.48. The minimum Gasteiger partial charge on any atom is -0.251 e. The SMILES string of the molecule is CC(C)N(C(C)C)C1[C+](Cl)C1N(C(C)C)C(C)C. The molecule has 0 radical (unpaired) electrons. The summed E-state index contributed by atoms with van der Waals surface area (Å²) in [7, 11) is 0. The molecule has 0 saturated heterocycles. The van der Waals surface area contributed by atoms with Gasteiger partial charge in [0.2, 0.25) is 17.5 Å². The third-order valence-electron chi connectivity index (χ3n) is 3.78. The van der Waals surface area contributed by atoms with Crippen LogP contribution >= 0.6 is 11.6 Å². The van der Waals surface area contributed by atoms with E-state index in [4.69, 9.17) is 11.6 Å². The van der Waals surface area contributed by atoms with Crippen LogP contribution in [0.3, 0.4) is 0 Å². The van der Waals surface area contributed by atoms with Gasteiger partial charge in [0.25, 0.3) is 0 Å². The Balaban J connectivity index is 2.82. The Morgan fingerprint density at radius 2 is 0.889 bits per heavy atom. The highest BCUT2D eigenvalue weighted by molar-refractivity contribution is 6.31. The van der Waals surface area contributed by atoms with Gasteiger partial charge in [0.05, 0.1) is 0 Å². The Bertz CT molecular complexity index is 221. The van der Waals surface area contributed by atoms with Crippen LogP contribution in [-0.2, 0) is 0 Å². The van der Waals surface area contributed by atoms with Crippen molar-refractivity contribution in [2.75, 3.05) is 0 Å². The van der Waals surface area contributed by atoms with E-state index in [0.717, 1.165) is 5.38 Å². The predicted molar refractivity (Wildman–Crippen MR) is 80.9 cm³/mol. The molecule has 106 valence electrons. The standard InChI is InChI=1S/C15H30ClN2/c1-9(2)17(10(3)4)14-13(16)15(14)18(11(5)6)12(7)8/h9-12,14-15H,1-8H3/q+1. The van der Waals surface area contributed by atoms with Crippen LogP contribution in [0.4, 0.5) is 0 Å². The molecule has 0 aromatic carbocycles. The average Bonchev–Trinajstić information content (AvgIpc) is 2.76. The molecule has 2 unspecified atom stereocenters. The molecule has 0 aliphatic heterocycles. The molecule has 1 fully saturated rings. The molecule has 3 heteroatoms. The van der Waals surface area contributed by atoms with Gasteiger partial charge in [-0.3, -0.25) is 9.80 Å². The Hall–Kier alpha value is 0.0800. The Kier molecular flexibility index (Phi) is 5.40. The van der Waals surface area contributed by atoms with Gasteiger partial charge in [0.15, 0.2) is 0 Å². The molecule has 2 nitrogen and oxygen atoms in total. The Morgan fingerprint density at radius 1 is 0.667 bits per heavy atom. The first-order chi connectivity index (χ1) is 8.20. The largest absolute Gasteiger partial charge is 0.251 e. The van der Waals surface area contributed by atoms with E-state index in [0.29, 0.717) is 36.3 Å². The Morgan fingerprint density at radius 3 is 1.06 bits per heavy atom. The highest BCUT2D eigenvalue weighted by Gasteiger charge is 2.72. The van der Waals surface area contributed by atoms with Gasteiger partial charge in [-0.1, -0.05) is 0 Å². The summed E-state index contributed by atoms with van der Waals surface area (Å²) in [5.41, 5.74) is 0. The molecule has 0 N–H and O–H groups in total. The van der Waals surface area contributed by atoms with Gasteiger partial charge in [-0.2, -0.15) is 0 Å². The molecule has 0 aromatic heterocycles. The molecule has 2 atom stereocenters. The van der Waals surface area contributed by atoms with Crippen molar-refractivity contribution in [2.45, 2.75) is 91.6 Å². The van der Waals surface area contributed by atoms with E-state index >= 15 is 0 Å². The van der Waals surface area contributed by atoms with Crippen LogP contribution in [0.2, 0.25) is 0 Å². The monoisotopic (exact) mass is 273 g/mol. The van der Waals surface area contributed by atoms with E-state index in [1.54, 1.807) is 0 Å². The van der Waals surface area contributed by atoms with Gasteiger partial charge in [-0.25, -0.2) is 0 Å². The maximum atomic E-state index is 6.52. The molecule has 0 amide bonds. The molecule has 1 saturated carbocycles. The molecule has 0 aromatic rings. The fourth-order valence-electron chi connectivity index (χ4n) is 3.30. The number of halogens is 1. The van der Waals surface area contributed by atoms with Crippen LogP contribution < -0.4 is 0 Å². The third-order valence-corrected chi connectivity index (χ3v) is 4.23. The number of nitrogens with zero attached hydrogens (tertiary/aromatic N) is 2. The first-order valence-electron chi connectivity index (χ1n) is 7.27. The van der Waals surface area contributed by atoms with Crippen molar-refractivity contribution in [1.82, 2.24) is 9.80 Å². The number of hydrogen-bond acceptors (Lipinski definition) is 2. The zero-order valence-electron chi connectivity index (χ0n) is 13.2. The maximum Gasteiger partial charge on any atom is 0.249 e. The van der Waals surface area contributed by atoms with Crippen LogP contribution in [0.5, 0.6) is 0 Å². The molecule has 0 heterocycles. The summed E-state index contributed by atoms with van der Waals surface area (Å²) < 4.78 is 0. The van der Waals surface area contributed by atoms with Crippen molar-refractivity contribution in [3.05, 3.63) is 5.38 Å². The summed E-state index contributed by atoms with van der Waals surface area (Å²) in [5, 5.41) is 1.12. The van der Waals surface area contributed by atoms with Crippen LogP contribution in [0.25, 0.3) is 0 Å². The first kappa shape index (κ1) is 16.1. The van der Waals surface area contributed by atoms with Crippen molar-refractivity contribution in [3.63, 3.8) is 0 Å². The third kappa shape index (κ3) is 3.15. The second-order valence-corrected chi connectivity index (χ2v) is 6.98. The first-order valence-corrected chi connectivity index (χ1v) is 7.65. The fraction of sp³-hybridized carbons (Fsp3) is 0.933. The van der Waals surface area contributed by atoms with E-state index in [9.17, 15) is 0 Å². The van der Waals surface area contributed by atoms with E-state index < -0.39 is 0 Å². The lowest BCUT2D eigenvalue weighted by Crippen LogP contribution is -2.46. The summed E-state index contributed by atoms with van der Waals surface area (Å²) in [6.45, 7) is 18.1. The molecular formula is C15H30ClN2+. The molecule has 1 rings (SSSR count). The summed E-state index contributed by atoms with van der Waals surface area (Å²) in [6, 6.07) is 3.00. The van der Waals surface area contributed by atoms with Crippen molar-refractivity contribution < 1.29 is 0 Å².